The van der Waals surface area contributed by atoms with Gasteiger partial charge in [0.1, 0.15) is 0 Å². The minimum atomic E-state index is 0.125. The van der Waals surface area contributed by atoms with E-state index in [-0.39, 0.29) is 6.61 Å². The lowest BCUT2D eigenvalue weighted by Crippen LogP contribution is -2.31. The van der Waals surface area contributed by atoms with Crippen LogP contribution in [0.4, 0.5) is 0 Å². The van der Waals surface area contributed by atoms with E-state index in [0.717, 1.165) is 18.4 Å². The summed E-state index contributed by atoms with van der Waals surface area (Å²) in [6.45, 7) is 6.91. The first-order chi connectivity index (χ1) is 8.24. The molecule has 3 nitrogen and oxygen atoms in total. The first-order valence-electron chi connectivity index (χ1n) is 7.16. The van der Waals surface area contributed by atoms with Gasteiger partial charge in [-0.05, 0) is 31.1 Å². The lowest BCUT2D eigenvalue weighted by molar-refractivity contribution is 0.0922. The smallest absolute Gasteiger partial charge is 0.0698 e. The Hall–Kier alpha value is -0.120. The quantitative estimate of drug-likeness (QED) is 0.532. The zero-order chi connectivity index (χ0) is 12.5. The monoisotopic (exact) mass is 243 g/mol. The number of hydrogen-bond acceptors (Lipinski definition) is 3. The topological polar surface area (TPSA) is 41.5 Å². The molecule has 0 aliphatic heterocycles. The van der Waals surface area contributed by atoms with E-state index >= 15 is 0 Å². The Labute approximate surface area is 106 Å². The fourth-order valence-corrected chi connectivity index (χ4v) is 2.70. The van der Waals surface area contributed by atoms with Crippen LogP contribution in [0.2, 0.25) is 0 Å². The van der Waals surface area contributed by atoms with Gasteiger partial charge in [-0.25, -0.2) is 0 Å². The summed E-state index contributed by atoms with van der Waals surface area (Å²) in [5.74, 6) is 1.76. The lowest BCUT2D eigenvalue weighted by Gasteiger charge is -2.19. The predicted molar refractivity (Wildman–Crippen MR) is 71.1 cm³/mol. The molecule has 2 N–H and O–H groups in total. The van der Waals surface area contributed by atoms with E-state index in [2.05, 4.69) is 19.2 Å². The van der Waals surface area contributed by atoms with Crippen molar-refractivity contribution < 1.29 is 9.84 Å². The molecule has 0 heterocycles. The van der Waals surface area contributed by atoms with Crippen molar-refractivity contribution in [3.05, 3.63) is 0 Å². The molecular weight excluding hydrogens is 214 g/mol. The summed E-state index contributed by atoms with van der Waals surface area (Å²) in [5, 5.41) is 12.2. The zero-order valence-electron chi connectivity index (χ0n) is 11.5. The second-order valence-corrected chi connectivity index (χ2v) is 5.50. The first-order valence-corrected chi connectivity index (χ1v) is 7.16. The van der Waals surface area contributed by atoms with Crippen LogP contribution in [0.25, 0.3) is 0 Å². The van der Waals surface area contributed by atoms with Gasteiger partial charge in [-0.2, -0.15) is 0 Å². The predicted octanol–water partition coefficient (Wildman–Crippen LogP) is 2.19. The number of hydrogen-bond donors (Lipinski definition) is 2. The Morgan fingerprint density at radius 2 is 2.00 bits per heavy atom. The third-order valence-electron chi connectivity index (χ3n) is 3.87. The molecule has 0 bridgehead atoms. The molecule has 1 saturated carbocycles. The van der Waals surface area contributed by atoms with Crippen molar-refractivity contribution in [1.29, 1.82) is 0 Å². The van der Waals surface area contributed by atoms with Crippen molar-refractivity contribution in [2.45, 2.75) is 52.0 Å². The van der Waals surface area contributed by atoms with Crippen LogP contribution in [0.3, 0.4) is 0 Å². The normalized spacial score (nSPS) is 26.1. The minimum Gasteiger partial charge on any atom is -0.394 e. The highest BCUT2D eigenvalue weighted by atomic mass is 16.5. The van der Waals surface area contributed by atoms with Gasteiger partial charge in [-0.3, -0.25) is 0 Å². The summed E-state index contributed by atoms with van der Waals surface area (Å²) in [6.07, 6.45) is 6.74. The Kier molecular flexibility index (Phi) is 7.82. The Bertz CT molecular complexity index is 185. The zero-order valence-corrected chi connectivity index (χ0v) is 11.5. The van der Waals surface area contributed by atoms with E-state index in [9.17, 15) is 0 Å². The molecule has 17 heavy (non-hydrogen) atoms. The fraction of sp³-hybridized carbons (Fsp3) is 1.00. The standard InChI is InChI=1S/C14H29NO2/c1-12(2)13-4-3-5-14(7-6-13)15-8-10-17-11-9-16/h12-16H,3-11H2,1-2H3. The van der Waals surface area contributed by atoms with Gasteiger partial charge in [-0.15, -0.1) is 0 Å². The van der Waals surface area contributed by atoms with Gasteiger partial charge in [-0.1, -0.05) is 26.7 Å². The average molecular weight is 243 g/mol. The first kappa shape index (κ1) is 14.9. The molecule has 1 rings (SSSR count). The van der Waals surface area contributed by atoms with Crippen molar-refractivity contribution in [1.82, 2.24) is 5.32 Å². The maximum Gasteiger partial charge on any atom is 0.0698 e. The van der Waals surface area contributed by atoms with Crippen LogP contribution < -0.4 is 5.32 Å². The van der Waals surface area contributed by atoms with Crippen molar-refractivity contribution >= 4 is 0 Å². The SMILES string of the molecule is CC(C)C1CCCC(NCCOCCO)CC1. The highest BCUT2D eigenvalue weighted by Gasteiger charge is 2.20. The molecule has 102 valence electrons. The van der Waals surface area contributed by atoms with Crippen molar-refractivity contribution in [3.8, 4) is 0 Å². The molecule has 2 unspecified atom stereocenters. The number of aliphatic hydroxyl groups excluding tert-OH is 1. The molecule has 2 atom stereocenters. The molecular formula is C14H29NO2. The van der Waals surface area contributed by atoms with Crippen LogP contribution in [0, 0.1) is 11.8 Å². The summed E-state index contributed by atoms with van der Waals surface area (Å²) >= 11 is 0. The Morgan fingerprint density at radius 1 is 1.18 bits per heavy atom. The Balaban J connectivity index is 2.09. The van der Waals surface area contributed by atoms with Gasteiger partial charge < -0.3 is 15.2 Å². The van der Waals surface area contributed by atoms with Gasteiger partial charge in [0.15, 0.2) is 0 Å². The van der Waals surface area contributed by atoms with Crippen LogP contribution in [0.15, 0.2) is 0 Å². The van der Waals surface area contributed by atoms with E-state index in [1.54, 1.807) is 0 Å². The minimum absolute atomic E-state index is 0.125. The average Bonchev–Trinajstić information content (AvgIpc) is 2.54. The van der Waals surface area contributed by atoms with Crippen LogP contribution in [-0.4, -0.2) is 37.5 Å². The van der Waals surface area contributed by atoms with E-state index < -0.39 is 0 Å². The third kappa shape index (κ3) is 6.39. The molecule has 0 amide bonds. The molecule has 1 aliphatic carbocycles. The summed E-state index contributed by atoms with van der Waals surface area (Å²) in [7, 11) is 0. The molecule has 0 aromatic carbocycles. The van der Waals surface area contributed by atoms with Crippen molar-refractivity contribution in [2.75, 3.05) is 26.4 Å². The van der Waals surface area contributed by atoms with Crippen molar-refractivity contribution in [2.24, 2.45) is 11.8 Å². The number of ether oxygens (including phenoxy) is 1. The highest BCUT2D eigenvalue weighted by Crippen LogP contribution is 2.28. The second kappa shape index (κ2) is 8.90. The number of aliphatic hydroxyl groups is 1. The van der Waals surface area contributed by atoms with E-state index in [0.29, 0.717) is 19.3 Å². The summed E-state index contributed by atoms with van der Waals surface area (Å²) in [4.78, 5) is 0. The van der Waals surface area contributed by atoms with Gasteiger partial charge in [0.25, 0.3) is 0 Å². The summed E-state index contributed by atoms with van der Waals surface area (Å²) < 4.78 is 5.25. The molecule has 1 aliphatic rings. The summed E-state index contributed by atoms with van der Waals surface area (Å²) in [6, 6.07) is 0.677. The van der Waals surface area contributed by atoms with Gasteiger partial charge in [0.05, 0.1) is 19.8 Å². The second-order valence-electron chi connectivity index (χ2n) is 5.50. The molecule has 0 spiro atoms. The van der Waals surface area contributed by atoms with Crippen LogP contribution in [0.1, 0.15) is 46.0 Å². The van der Waals surface area contributed by atoms with E-state index in [1.165, 1.54) is 32.1 Å². The highest BCUT2D eigenvalue weighted by molar-refractivity contribution is 4.76. The molecule has 0 saturated heterocycles. The molecule has 3 heteroatoms. The van der Waals surface area contributed by atoms with Crippen LogP contribution in [0.5, 0.6) is 0 Å². The number of nitrogens with one attached hydrogen (secondary N) is 1. The van der Waals surface area contributed by atoms with Gasteiger partial charge in [0.2, 0.25) is 0 Å². The van der Waals surface area contributed by atoms with Gasteiger partial charge in [0, 0.05) is 12.6 Å². The third-order valence-corrected chi connectivity index (χ3v) is 3.87. The van der Waals surface area contributed by atoms with Crippen LogP contribution in [-0.2, 0) is 4.74 Å². The van der Waals surface area contributed by atoms with E-state index in [1.807, 2.05) is 0 Å². The molecule has 0 aromatic rings. The Morgan fingerprint density at radius 3 is 2.71 bits per heavy atom. The fourth-order valence-electron chi connectivity index (χ4n) is 2.70. The molecule has 0 aromatic heterocycles. The molecule has 0 radical (unpaired) electrons. The van der Waals surface area contributed by atoms with E-state index in [4.69, 9.17) is 9.84 Å². The van der Waals surface area contributed by atoms with Crippen LogP contribution >= 0.6 is 0 Å². The van der Waals surface area contributed by atoms with Gasteiger partial charge >= 0.3 is 0 Å². The molecule has 1 fully saturated rings. The van der Waals surface area contributed by atoms with Crippen molar-refractivity contribution in [3.63, 3.8) is 0 Å². The lowest BCUT2D eigenvalue weighted by atomic mass is 9.89. The maximum absolute atomic E-state index is 8.59. The maximum atomic E-state index is 8.59. The largest absolute Gasteiger partial charge is 0.394 e. The number of rotatable bonds is 7. The summed E-state index contributed by atoms with van der Waals surface area (Å²) in [5.41, 5.74) is 0.